The quantitative estimate of drug-likeness (QED) is 0.205. The lowest BCUT2D eigenvalue weighted by Crippen LogP contribution is -2.27. The van der Waals surface area contributed by atoms with Gasteiger partial charge in [-0.05, 0) is 79.5 Å². The van der Waals surface area contributed by atoms with E-state index in [1.54, 1.807) is 15.9 Å². The zero-order chi connectivity index (χ0) is 26.9. The first-order valence-corrected chi connectivity index (χ1v) is 14.8. The second kappa shape index (κ2) is 10.9. The molecule has 0 spiro atoms. The number of carbonyl (C=O) groups is 1. The van der Waals surface area contributed by atoms with Crippen molar-refractivity contribution in [2.24, 2.45) is 11.3 Å². The zero-order valence-electron chi connectivity index (χ0n) is 22.2. The molecule has 6 nitrogen and oxygen atoms in total. The molecule has 2 heterocycles. The van der Waals surface area contributed by atoms with Gasteiger partial charge in [0.15, 0.2) is 5.16 Å². The molecule has 8 heteroatoms. The van der Waals surface area contributed by atoms with Crippen LogP contribution in [-0.4, -0.2) is 27.8 Å². The highest BCUT2D eigenvalue weighted by atomic mass is 32.2. The van der Waals surface area contributed by atoms with Gasteiger partial charge in [-0.2, -0.15) is 0 Å². The van der Waals surface area contributed by atoms with Gasteiger partial charge in [0.1, 0.15) is 10.6 Å². The summed E-state index contributed by atoms with van der Waals surface area (Å²) in [6, 6.07) is 16.9. The second-order valence-electron chi connectivity index (χ2n) is 10.7. The van der Waals surface area contributed by atoms with Crippen LogP contribution < -0.4 is 15.6 Å². The summed E-state index contributed by atoms with van der Waals surface area (Å²) in [6.45, 7) is 9.39. The van der Waals surface area contributed by atoms with Crippen LogP contribution in [0.4, 0.5) is 5.69 Å². The third kappa shape index (κ3) is 5.52. The summed E-state index contributed by atoms with van der Waals surface area (Å²) in [7, 11) is 0. The van der Waals surface area contributed by atoms with Gasteiger partial charge in [-0.3, -0.25) is 14.2 Å². The molecule has 1 aliphatic rings. The number of nitrogens with one attached hydrogen (secondary N) is 1. The number of aryl methyl sites for hydroxylation is 1. The summed E-state index contributed by atoms with van der Waals surface area (Å²) in [5.74, 6) is 1.32. The van der Waals surface area contributed by atoms with Gasteiger partial charge >= 0.3 is 0 Å². The van der Waals surface area contributed by atoms with Crippen LogP contribution in [0.2, 0.25) is 0 Å². The third-order valence-electron chi connectivity index (χ3n) is 7.07. The minimum absolute atomic E-state index is 0.0724. The van der Waals surface area contributed by atoms with Crippen molar-refractivity contribution in [3.8, 4) is 11.4 Å². The van der Waals surface area contributed by atoms with E-state index in [2.05, 4.69) is 26.1 Å². The summed E-state index contributed by atoms with van der Waals surface area (Å²) in [5.41, 5.74) is 2.75. The first-order chi connectivity index (χ1) is 18.2. The normalized spacial score (nSPS) is 15.3. The number of thiophene rings is 1. The summed E-state index contributed by atoms with van der Waals surface area (Å²) >= 11 is 2.92. The third-order valence-corrected chi connectivity index (χ3v) is 9.16. The number of rotatable bonds is 7. The van der Waals surface area contributed by atoms with Crippen molar-refractivity contribution in [1.29, 1.82) is 0 Å². The van der Waals surface area contributed by atoms with E-state index in [0.717, 1.165) is 46.5 Å². The Morgan fingerprint density at radius 1 is 1.16 bits per heavy atom. The standard InChI is InChI=1S/C30H33N3O3S2/c1-5-36-22-14-12-21(13-15-22)33-28(35)26-23-16-11-19(30(2,3)4)17-24(23)38-27(26)32-29(33)37-18-25(34)31-20-9-7-6-8-10-20/h6-10,12-15,19H,5,11,16-18H2,1-4H3,(H,31,34). The maximum absolute atomic E-state index is 14.1. The highest BCUT2D eigenvalue weighted by Crippen LogP contribution is 2.42. The highest BCUT2D eigenvalue weighted by Gasteiger charge is 2.32. The average Bonchev–Trinajstić information content (AvgIpc) is 3.26. The first-order valence-electron chi connectivity index (χ1n) is 13.0. The number of hydrogen-bond acceptors (Lipinski definition) is 6. The van der Waals surface area contributed by atoms with Crippen LogP contribution in [0.15, 0.2) is 64.5 Å². The van der Waals surface area contributed by atoms with Crippen LogP contribution in [0.1, 0.15) is 44.6 Å². The largest absolute Gasteiger partial charge is 0.494 e. The number of hydrogen-bond donors (Lipinski definition) is 1. The fraction of sp³-hybridized carbons (Fsp3) is 0.367. The molecule has 4 aromatic rings. The molecule has 0 aliphatic heterocycles. The molecule has 198 valence electrons. The molecule has 1 aliphatic carbocycles. The smallest absolute Gasteiger partial charge is 0.267 e. The van der Waals surface area contributed by atoms with E-state index >= 15 is 0 Å². The van der Waals surface area contributed by atoms with E-state index in [1.807, 2.05) is 61.5 Å². The van der Waals surface area contributed by atoms with Crippen LogP contribution in [0.3, 0.4) is 0 Å². The Bertz CT molecular complexity index is 1500. The summed E-state index contributed by atoms with van der Waals surface area (Å²) in [6.07, 6.45) is 2.94. The fourth-order valence-electron chi connectivity index (χ4n) is 4.98. The lowest BCUT2D eigenvalue weighted by Gasteiger charge is -2.33. The molecule has 0 saturated carbocycles. The van der Waals surface area contributed by atoms with E-state index in [0.29, 0.717) is 23.4 Å². The van der Waals surface area contributed by atoms with Gasteiger partial charge in [-0.25, -0.2) is 4.98 Å². The first kappa shape index (κ1) is 26.5. The van der Waals surface area contributed by atoms with Crippen molar-refractivity contribution in [2.45, 2.75) is 52.1 Å². The van der Waals surface area contributed by atoms with Crippen LogP contribution >= 0.6 is 23.1 Å². The number of amides is 1. The summed E-state index contributed by atoms with van der Waals surface area (Å²) in [4.78, 5) is 33.8. The second-order valence-corrected chi connectivity index (χ2v) is 12.7. The number of carbonyl (C=O) groups excluding carboxylic acids is 1. The maximum Gasteiger partial charge on any atom is 0.267 e. The number of nitrogens with zero attached hydrogens (tertiary/aromatic N) is 2. The Balaban J connectivity index is 1.53. The highest BCUT2D eigenvalue weighted by molar-refractivity contribution is 7.99. The number of ether oxygens (including phenoxy) is 1. The molecule has 38 heavy (non-hydrogen) atoms. The van der Waals surface area contributed by atoms with Gasteiger partial charge < -0.3 is 10.1 Å². The number of thioether (sulfide) groups is 1. The number of fused-ring (bicyclic) bond motifs is 3. The van der Waals surface area contributed by atoms with E-state index < -0.39 is 0 Å². The van der Waals surface area contributed by atoms with Crippen molar-refractivity contribution >= 4 is 44.9 Å². The monoisotopic (exact) mass is 547 g/mol. The molecule has 1 amide bonds. The van der Waals surface area contributed by atoms with Gasteiger partial charge in [-0.15, -0.1) is 11.3 Å². The Labute approximate surface area is 231 Å². The van der Waals surface area contributed by atoms with Crippen LogP contribution in [-0.2, 0) is 17.6 Å². The molecule has 0 bridgehead atoms. The molecule has 5 rings (SSSR count). The molecule has 0 saturated heterocycles. The Morgan fingerprint density at radius 2 is 1.89 bits per heavy atom. The lowest BCUT2D eigenvalue weighted by molar-refractivity contribution is -0.113. The van der Waals surface area contributed by atoms with Crippen molar-refractivity contribution in [3.63, 3.8) is 0 Å². The van der Waals surface area contributed by atoms with Crippen LogP contribution in [0.25, 0.3) is 15.9 Å². The van der Waals surface area contributed by atoms with E-state index in [-0.39, 0.29) is 22.6 Å². The Morgan fingerprint density at radius 3 is 2.58 bits per heavy atom. The predicted molar refractivity (Wildman–Crippen MR) is 157 cm³/mol. The Kier molecular flexibility index (Phi) is 7.63. The molecule has 0 radical (unpaired) electrons. The number of anilines is 1. The van der Waals surface area contributed by atoms with Gasteiger partial charge in [0, 0.05) is 10.6 Å². The fourth-order valence-corrected chi connectivity index (χ4v) is 7.13. The van der Waals surface area contributed by atoms with E-state index in [9.17, 15) is 9.59 Å². The van der Waals surface area contributed by atoms with Gasteiger partial charge in [-0.1, -0.05) is 50.7 Å². The van der Waals surface area contributed by atoms with Crippen molar-refractivity contribution in [1.82, 2.24) is 9.55 Å². The van der Waals surface area contributed by atoms with Crippen molar-refractivity contribution < 1.29 is 9.53 Å². The minimum atomic E-state index is -0.146. The maximum atomic E-state index is 14.1. The molecule has 1 unspecified atom stereocenters. The topological polar surface area (TPSA) is 73.2 Å². The average molecular weight is 548 g/mol. The molecular formula is C30H33N3O3S2. The lowest BCUT2D eigenvalue weighted by atomic mass is 9.72. The van der Waals surface area contributed by atoms with Gasteiger partial charge in [0.25, 0.3) is 5.56 Å². The summed E-state index contributed by atoms with van der Waals surface area (Å²) in [5, 5.41) is 4.16. The van der Waals surface area contributed by atoms with Gasteiger partial charge in [0.05, 0.1) is 23.4 Å². The van der Waals surface area contributed by atoms with Crippen LogP contribution in [0, 0.1) is 11.3 Å². The van der Waals surface area contributed by atoms with E-state index in [1.165, 1.54) is 16.6 Å². The molecule has 0 fully saturated rings. The molecule has 2 aromatic heterocycles. The number of benzene rings is 2. The zero-order valence-corrected chi connectivity index (χ0v) is 23.9. The van der Waals surface area contributed by atoms with Crippen molar-refractivity contribution in [3.05, 3.63) is 75.4 Å². The molecular weight excluding hydrogens is 514 g/mol. The molecule has 1 atom stereocenters. The Hall–Kier alpha value is -3.10. The van der Waals surface area contributed by atoms with Crippen molar-refractivity contribution in [2.75, 3.05) is 17.7 Å². The molecule has 2 aromatic carbocycles. The van der Waals surface area contributed by atoms with Crippen LogP contribution in [0.5, 0.6) is 5.75 Å². The molecule has 1 N–H and O–H groups in total. The van der Waals surface area contributed by atoms with Gasteiger partial charge in [0.2, 0.25) is 5.91 Å². The number of para-hydroxylation sites is 1. The number of aromatic nitrogens is 2. The van der Waals surface area contributed by atoms with E-state index in [4.69, 9.17) is 9.72 Å². The summed E-state index contributed by atoms with van der Waals surface area (Å²) < 4.78 is 7.26. The predicted octanol–water partition coefficient (Wildman–Crippen LogP) is 6.73. The minimum Gasteiger partial charge on any atom is -0.494 e. The SMILES string of the molecule is CCOc1ccc(-n2c(SCC(=O)Nc3ccccc3)nc3sc4c(c3c2=O)CCC(C(C)(C)C)C4)cc1.